The van der Waals surface area contributed by atoms with Gasteiger partial charge in [-0.25, -0.2) is 0 Å². The van der Waals surface area contributed by atoms with Crippen molar-refractivity contribution < 1.29 is 0 Å². The monoisotopic (exact) mass is 264 g/mol. The third-order valence-electron chi connectivity index (χ3n) is 2.62. The zero-order valence-corrected chi connectivity index (χ0v) is 11.8. The van der Waals surface area contributed by atoms with E-state index in [4.69, 9.17) is 0 Å². The molecule has 0 nitrogen and oxygen atoms in total. The van der Waals surface area contributed by atoms with Crippen LogP contribution in [0.3, 0.4) is 0 Å². The fourth-order valence-corrected chi connectivity index (χ4v) is 8.01. The normalized spacial score (nSPS) is 10.9. The molecule has 1 heteroatoms. The molecule has 0 saturated carbocycles. The van der Waals surface area contributed by atoms with Crippen molar-refractivity contribution in [3.05, 3.63) is 0 Å². The molecule has 0 aromatic rings. The van der Waals surface area contributed by atoms with Gasteiger partial charge in [-0.1, -0.05) is 0 Å². The molecule has 0 aromatic heterocycles. The summed E-state index contributed by atoms with van der Waals surface area (Å²) in [5, 5.41) is 0. The van der Waals surface area contributed by atoms with E-state index < -0.39 is 19.8 Å². The Kier molecular flexibility index (Phi) is 9.54. The molecule has 0 fully saturated rings. The molecule has 0 N–H and O–H groups in total. The molecular weight excluding hydrogens is 239 g/mol. The van der Waals surface area contributed by atoms with Gasteiger partial charge in [0, 0.05) is 0 Å². The van der Waals surface area contributed by atoms with Crippen molar-refractivity contribution in [1.29, 1.82) is 0 Å². The molecule has 0 aromatic carbocycles. The average molecular weight is 263 g/mol. The number of unbranched alkanes of at least 4 members (excludes halogenated alkanes) is 3. The van der Waals surface area contributed by atoms with Crippen molar-refractivity contribution in [3.63, 3.8) is 0 Å². The van der Waals surface area contributed by atoms with Crippen LogP contribution in [-0.4, -0.2) is 19.8 Å². The second-order valence-electron chi connectivity index (χ2n) is 3.53. The van der Waals surface area contributed by atoms with E-state index in [0.29, 0.717) is 0 Å². The molecule has 0 atom stereocenters. The molecule has 0 unspecified atom stereocenters. The molecule has 0 radical (unpaired) electrons. The van der Waals surface area contributed by atoms with E-state index in [9.17, 15) is 0 Å². The van der Waals surface area contributed by atoms with Crippen LogP contribution in [-0.2, 0) is 0 Å². The van der Waals surface area contributed by atoms with Gasteiger partial charge in [0.2, 0.25) is 0 Å². The Bertz CT molecular complexity index is 67.3. The van der Waals surface area contributed by atoms with E-state index in [2.05, 4.69) is 20.8 Å². The molecular formula is C10H24Sn. The first-order valence-corrected chi connectivity index (χ1v) is 12.3. The van der Waals surface area contributed by atoms with E-state index in [1.165, 1.54) is 19.3 Å². The number of rotatable bonds is 7. The van der Waals surface area contributed by atoms with Crippen LogP contribution in [0.1, 0.15) is 46.5 Å². The van der Waals surface area contributed by atoms with Gasteiger partial charge in [-0.05, 0) is 0 Å². The van der Waals surface area contributed by atoms with Crippen molar-refractivity contribution in [1.82, 2.24) is 0 Å². The van der Waals surface area contributed by atoms with Crippen LogP contribution in [0.4, 0.5) is 0 Å². The summed E-state index contributed by atoms with van der Waals surface area (Å²) in [4.78, 5) is 0. The van der Waals surface area contributed by atoms with Gasteiger partial charge in [-0.15, -0.1) is 0 Å². The zero-order valence-electron chi connectivity index (χ0n) is 8.53. The van der Waals surface area contributed by atoms with Crippen LogP contribution < -0.4 is 0 Å². The van der Waals surface area contributed by atoms with Crippen LogP contribution in [0.2, 0.25) is 13.3 Å². The molecule has 0 aliphatic carbocycles. The van der Waals surface area contributed by atoms with Gasteiger partial charge >= 0.3 is 79.5 Å². The summed E-state index contributed by atoms with van der Waals surface area (Å²) >= 11 is -0.870. The van der Waals surface area contributed by atoms with Crippen molar-refractivity contribution in [2.45, 2.75) is 59.8 Å². The minimum atomic E-state index is -0.870. The summed E-state index contributed by atoms with van der Waals surface area (Å²) in [6.07, 6.45) is 5.91. The van der Waals surface area contributed by atoms with Gasteiger partial charge < -0.3 is 0 Å². The molecule has 0 heterocycles. The van der Waals surface area contributed by atoms with Gasteiger partial charge in [-0.3, -0.25) is 0 Å². The molecule has 68 valence electrons. The van der Waals surface area contributed by atoms with E-state index in [-0.39, 0.29) is 0 Å². The summed E-state index contributed by atoms with van der Waals surface area (Å²) < 4.78 is 4.85. The third kappa shape index (κ3) is 7.17. The summed E-state index contributed by atoms with van der Waals surface area (Å²) in [5.41, 5.74) is 0. The summed E-state index contributed by atoms with van der Waals surface area (Å²) in [6.45, 7) is 7.11. The Morgan fingerprint density at radius 3 is 1.91 bits per heavy atom. The molecule has 0 bridgehead atoms. The summed E-state index contributed by atoms with van der Waals surface area (Å²) in [6, 6.07) is 0. The second kappa shape index (κ2) is 8.89. The summed E-state index contributed by atoms with van der Waals surface area (Å²) in [5.74, 6) is 0. The number of hydrogen-bond acceptors (Lipinski definition) is 0. The Hall–Kier alpha value is 0.799. The van der Waals surface area contributed by atoms with Crippen LogP contribution >= 0.6 is 0 Å². The van der Waals surface area contributed by atoms with Crippen molar-refractivity contribution >= 4 is 19.8 Å². The molecule has 0 aliphatic heterocycles. The molecule has 0 amide bonds. The maximum absolute atomic E-state index is 2.41. The van der Waals surface area contributed by atoms with Gasteiger partial charge in [0.05, 0.1) is 0 Å². The van der Waals surface area contributed by atoms with Gasteiger partial charge in [0.15, 0.2) is 0 Å². The topological polar surface area (TPSA) is 0 Å². The zero-order chi connectivity index (χ0) is 8.53. The van der Waals surface area contributed by atoms with E-state index in [0.717, 1.165) is 0 Å². The number of hydrogen-bond donors (Lipinski definition) is 0. The Balaban J connectivity index is 3.07. The fourth-order valence-electron chi connectivity index (χ4n) is 1.56. The van der Waals surface area contributed by atoms with Crippen LogP contribution in [0.25, 0.3) is 0 Å². The summed E-state index contributed by atoms with van der Waals surface area (Å²) in [7, 11) is 0. The predicted octanol–water partition coefficient (Wildman–Crippen LogP) is 3.83. The molecule has 11 heavy (non-hydrogen) atoms. The fraction of sp³-hybridized carbons (Fsp3) is 1.00. The van der Waals surface area contributed by atoms with Crippen LogP contribution in [0.15, 0.2) is 0 Å². The average Bonchev–Trinajstić information content (AvgIpc) is 2.05. The van der Waals surface area contributed by atoms with Gasteiger partial charge in [-0.2, -0.15) is 0 Å². The van der Waals surface area contributed by atoms with E-state index >= 15 is 0 Å². The van der Waals surface area contributed by atoms with Crippen molar-refractivity contribution in [3.8, 4) is 0 Å². The van der Waals surface area contributed by atoms with E-state index in [1.54, 1.807) is 19.7 Å². The maximum atomic E-state index is 2.41. The van der Waals surface area contributed by atoms with Crippen LogP contribution in [0.5, 0.6) is 0 Å². The third-order valence-corrected chi connectivity index (χ3v) is 12.7. The quantitative estimate of drug-likeness (QED) is 0.483. The molecule has 0 rings (SSSR count). The molecule has 0 spiro atoms. The van der Waals surface area contributed by atoms with Crippen LogP contribution in [0, 0.1) is 0 Å². The molecule has 0 aliphatic rings. The van der Waals surface area contributed by atoms with E-state index in [1.807, 2.05) is 0 Å². The Morgan fingerprint density at radius 1 is 0.818 bits per heavy atom. The second-order valence-corrected chi connectivity index (χ2v) is 14.8. The standard InChI is InChI=1S/C6H13.2C2H5.Sn.H/c1-3-5-6-4-2;2*1-2;;/h1,3-6H2,2H3;2*1H2,2H3;;. The van der Waals surface area contributed by atoms with Crippen molar-refractivity contribution in [2.24, 2.45) is 0 Å². The SMILES string of the molecule is CCCCC[CH2][SnH]([CH2]C)[CH2]C. The van der Waals surface area contributed by atoms with Crippen molar-refractivity contribution in [2.75, 3.05) is 0 Å². The first-order valence-electron chi connectivity index (χ1n) is 5.35. The molecule has 0 saturated heterocycles. The first-order chi connectivity index (χ1) is 5.35. The Morgan fingerprint density at radius 2 is 1.45 bits per heavy atom. The first kappa shape index (κ1) is 11.8. The van der Waals surface area contributed by atoms with Gasteiger partial charge in [0.25, 0.3) is 0 Å². The van der Waals surface area contributed by atoms with Gasteiger partial charge in [0.1, 0.15) is 0 Å². The predicted molar refractivity (Wildman–Crippen MR) is 57.1 cm³/mol. The Labute approximate surface area is 79.5 Å². The minimum absolute atomic E-state index is 0.870.